The summed E-state index contributed by atoms with van der Waals surface area (Å²) in [5, 5.41) is 15.1. The zero-order valence-electron chi connectivity index (χ0n) is 13.3. The van der Waals surface area contributed by atoms with Gasteiger partial charge in [0, 0.05) is 32.1 Å². The summed E-state index contributed by atoms with van der Waals surface area (Å²) in [6.07, 6.45) is 5.07. The van der Waals surface area contributed by atoms with Crippen LogP contribution in [0.1, 0.15) is 35.1 Å². The zero-order chi connectivity index (χ0) is 16.5. The maximum Gasteiger partial charge on any atom is 0.274 e. The second-order valence-corrected chi connectivity index (χ2v) is 6.01. The van der Waals surface area contributed by atoms with Gasteiger partial charge in [0.2, 0.25) is 0 Å². The lowest BCUT2D eigenvalue weighted by Gasteiger charge is -2.30. The fraction of sp³-hybridized carbons (Fsp3) is 0.375. The van der Waals surface area contributed by atoms with Crippen LogP contribution in [0.4, 0.5) is 0 Å². The summed E-state index contributed by atoms with van der Waals surface area (Å²) in [7, 11) is 1.95. The Morgan fingerprint density at radius 2 is 2.21 bits per heavy atom. The Labute approximate surface area is 138 Å². The standard InChI is InChI=1S/C16H18N6O2/c1-21-10-17-20-15(21)11-4-6-22(7-5-11)16(23)13-9-12(18-19-13)14-3-2-8-24-14/h2-3,8-11H,4-7H2,1H3,(H,18,19). The number of rotatable bonds is 3. The Morgan fingerprint density at radius 1 is 1.38 bits per heavy atom. The number of H-pyrrole nitrogens is 1. The van der Waals surface area contributed by atoms with Crippen molar-refractivity contribution in [2.24, 2.45) is 7.05 Å². The van der Waals surface area contributed by atoms with E-state index in [0.29, 0.717) is 36.2 Å². The van der Waals surface area contributed by atoms with Crippen molar-refractivity contribution >= 4 is 5.91 Å². The number of nitrogens with zero attached hydrogens (tertiary/aromatic N) is 5. The summed E-state index contributed by atoms with van der Waals surface area (Å²) in [4.78, 5) is 14.5. The molecule has 24 heavy (non-hydrogen) atoms. The molecule has 0 aromatic carbocycles. The van der Waals surface area contributed by atoms with Crippen LogP contribution in [-0.2, 0) is 7.05 Å². The minimum atomic E-state index is -0.0551. The van der Waals surface area contributed by atoms with Crippen LogP contribution >= 0.6 is 0 Å². The van der Waals surface area contributed by atoms with E-state index in [1.165, 1.54) is 0 Å². The summed E-state index contributed by atoms with van der Waals surface area (Å²) in [5.41, 5.74) is 1.12. The van der Waals surface area contributed by atoms with Crippen LogP contribution < -0.4 is 0 Å². The average molecular weight is 326 g/mol. The number of aromatic nitrogens is 5. The van der Waals surface area contributed by atoms with Gasteiger partial charge >= 0.3 is 0 Å². The highest BCUT2D eigenvalue weighted by molar-refractivity contribution is 5.93. The quantitative estimate of drug-likeness (QED) is 0.792. The number of furan rings is 1. The monoisotopic (exact) mass is 326 g/mol. The molecule has 1 amide bonds. The molecule has 0 aliphatic carbocycles. The number of piperidine rings is 1. The van der Waals surface area contributed by atoms with Crippen LogP contribution in [0.25, 0.3) is 11.5 Å². The summed E-state index contributed by atoms with van der Waals surface area (Å²) < 4.78 is 7.26. The Hall–Kier alpha value is -2.90. The fourth-order valence-corrected chi connectivity index (χ4v) is 3.15. The molecule has 0 atom stereocenters. The van der Waals surface area contributed by atoms with Gasteiger partial charge in [0.25, 0.3) is 5.91 Å². The number of likely N-dealkylation sites (tertiary alicyclic amines) is 1. The lowest BCUT2D eigenvalue weighted by molar-refractivity contribution is 0.0704. The first kappa shape index (κ1) is 14.7. The number of amides is 1. The van der Waals surface area contributed by atoms with E-state index >= 15 is 0 Å². The van der Waals surface area contributed by atoms with Crippen molar-refractivity contribution in [2.75, 3.05) is 13.1 Å². The van der Waals surface area contributed by atoms with Gasteiger partial charge in [0.1, 0.15) is 17.8 Å². The lowest BCUT2D eigenvalue weighted by atomic mass is 9.95. The molecule has 1 aliphatic heterocycles. The second-order valence-electron chi connectivity index (χ2n) is 6.01. The van der Waals surface area contributed by atoms with E-state index in [0.717, 1.165) is 18.7 Å². The highest BCUT2D eigenvalue weighted by atomic mass is 16.3. The van der Waals surface area contributed by atoms with Crippen molar-refractivity contribution in [3.63, 3.8) is 0 Å². The predicted molar refractivity (Wildman–Crippen MR) is 85.2 cm³/mol. The topological polar surface area (TPSA) is 92.8 Å². The van der Waals surface area contributed by atoms with E-state index in [1.807, 2.05) is 22.6 Å². The van der Waals surface area contributed by atoms with E-state index in [1.54, 1.807) is 24.7 Å². The van der Waals surface area contributed by atoms with Gasteiger partial charge < -0.3 is 13.9 Å². The van der Waals surface area contributed by atoms with Gasteiger partial charge in [0.05, 0.1) is 6.26 Å². The number of nitrogens with one attached hydrogen (secondary N) is 1. The van der Waals surface area contributed by atoms with Gasteiger partial charge in [-0.1, -0.05) is 0 Å². The third-order valence-corrected chi connectivity index (χ3v) is 4.48. The van der Waals surface area contributed by atoms with Crippen LogP contribution in [0, 0.1) is 0 Å². The largest absolute Gasteiger partial charge is 0.463 e. The van der Waals surface area contributed by atoms with Crippen LogP contribution in [-0.4, -0.2) is 48.9 Å². The molecule has 124 valence electrons. The normalized spacial score (nSPS) is 15.8. The van der Waals surface area contributed by atoms with Crippen LogP contribution in [0.15, 0.2) is 35.2 Å². The minimum absolute atomic E-state index is 0.0551. The summed E-state index contributed by atoms with van der Waals surface area (Å²) in [6.45, 7) is 1.39. The fourth-order valence-electron chi connectivity index (χ4n) is 3.15. The highest BCUT2D eigenvalue weighted by Crippen LogP contribution is 2.27. The van der Waals surface area contributed by atoms with Gasteiger partial charge in [-0.25, -0.2) is 0 Å². The molecule has 0 bridgehead atoms. The summed E-state index contributed by atoms with van der Waals surface area (Å²) >= 11 is 0. The van der Waals surface area contributed by atoms with Crippen molar-refractivity contribution in [3.8, 4) is 11.5 Å². The molecule has 0 radical (unpaired) electrons. The number of aryl methyl sites for hydroxylation is 1. The second kappa shape index (κ2) is 5.95. The van der Waals surface area contributed by atoms with E-state index in [-0.39, 0.29) is 5.91 Å². The first-order chi connectivity index (χ1) is 11.7. The molecule has 3 aromatic heterocycles. The Kier molecular flexibility index (Phi) is 3.64. The van der Waals surface area contributed by atoms with Gasteiger partial charge in [0.15, 0.2) is 11.5 Å². The van der Waals surface area contributed by atoms with E-state index in [2.05, 4.69) is 20.4 Å². The molecular formula is C16H18N6O2. The number of aromatic amines is 1. The van der Waals surface area contributed by atoms with E-state index < -0.39 is 0 Å². The molecular weight excluding hydrogens is 308 g/mol. The SMILES string of the molecule is Cn1cnnc1C1CCN(C(=O)c2cc(-c3ccco3)[nH]n2)CC1. The number of carbonyl (C=O) groups is 1. The molecule has 0 saturated carbocycles. The average Bonchev–Trinajstić information content (AvgIpc) is 3.35. The molecule has 1 aliphatic rings. The highest BCUT2D eigenvalue weighted by Gasteiger charge is 2.28. The van der Waals surface area contributed by atoms with E-state index in [9.17, 15) is 4.79 Å². The van der Waals surface area contributed by atoms with Gasteiger partial charge in [-0.05, 0) is 25.0 Å². The van der Waals surface area contributed by atoms with Gasteiger partial charge in [-0.2, -0.15) is 5.10 Å². The van der Waals surface area contributed by atoms with Crippen molar-refractivity contribution in [1.29, 1.82) is 0 Å². The number of hydrogen-bond acceptors (Lipinski definition) is 5. The van der Waals surface area contributed by atoms with Crippen LogP contribution in [0.5, 0.6) is 0 Å². The van der Waals surface area contributed by atoms with Crippen LogP contribution in [0.2, 0.25) is 0 Å². The maximum atomic E-state index is 12.6. The molecule has 4 heterocycles. The molecule has 1 saturated heterocycles. The lowest BCUT2D eigenvalue weighted by Crippen LogP contribution is -2.38. The molecule has 4 rings (SSSR count). The number of hydrogen-bond donors (Lipinski definition) is 1. The Morgan fingerprint density at radius 3 is 2.88 bits per heavy atom. The van der Waals surface area contributed by atoms with Crippen molar-refractivity contribution in [2.45, 2.75) is 18.8 Å². The molecule has 0 unspecified atom stereocenters. The summed E-state index contributed by atoms with van der Waals surface area (Å²) in [6, 6.07) is 5.36. The van der Waals surface area contributed by atoms with Crippen molar-refractivity contribution in [1.82, 2.24) is 29.9 Å². The molecule has 1 N–H and O–H groups in total. The third kappa shape index (κ3) is 2.60. The molecule has 8 heteroatoms. The Balaban J connectivity index is 1.42. The Bertz CT molecular complexity index is 827. The molecule has 0 spiro atoms. The van der Waals surface area contributed by atoms with E-state index in [4.69, 9.17) is 4.42 Å². The molecule has 1 fully saturated rings. The minimum Gasteiger partial charge on any atom is -0.463 e. The molecule has 3 aromatic rings. The van der Waals surface area contributed by atoms with Gasteiger partial charge in [-0.3, -0.25) is 9.89 Å². The molecule has 8 nitrogen and oxygen atoms in total. The first-order valence-corrected chi connectivity index (χ1v) is 7.95. The van der Waals surface area contributed by atoms with Crippen LogP contribution in [0.3, 0.4) is 0 Å². The predicted octanol–water partition coefficient (Wildman–Crippen LogP) is 1.82. The first-order valence-electron chi connectivity index (χ1n) is 7.95. The zero-order valence-corrected chi connectivity index (χ0v) is 13.3. The van der Waals surface area contributed by atoms with Crippen molar-refractivity contribution in [3.05, 3.63) is 42.3 Å². The van der Waals surface area contributed by atoms with Gasteiger partial charge in [-0.15, -0.1) is 10.2 Å². The van der Waals surface area contributed by atoms with Crippen molar-refractivity contribution < 1.29 is 9.21 Å². The third-order valence-electron chi connectivity index (χ3n) is 4.48. The maximum absolute atomic E-state index is 12.6. The number of carbonyl (C=O) groups excluding carboxylic acids is 1. The summed E-state index contributed by atoms with van der Waals surface area (Å²) in [5.74, 6) is 1.95. The smallest absolute Gasteiger partial charge is 0.274 e.